The van der Waals surface area contributed by atoms with E-state index in [2.05, 4.69) is 45.4 Å². The van der Waals surface area contributed by atoms with Crippen LogP contribution in [0.25, 0.3) is 0 Å². The van der Waals surface area contributed by atoms with Crippen LogP contribution in [0.4, 0.5) is 0 Å². The summed E-state index contributed by atoms with van der Waals surface area (Å²) in [5.41, 5.74) is 3.39. The van der Waals surface area contributed by atoms with Gasteiger partial charge in [0.15, 0.2) is 0 Å². The summed E-state index contributed by atoms with van der Waals surface area (Å²) in [6.45, 7) is 6.41. The molecule has 0 atom stereocenters. The highest BCUT2D eigenvalue weighted by atomic mass is 79.9. The van der Waals surface area contributed by atoms with E-state index in [1.165, 1.54) is 10.4 Å². The molecule has 2 rings (SSSR count). The number of thiophene rings is 1. The minimum Gasteiger partial charge on any atom is -0.394 e. The Bertz CT molecular complexity index is 550. The first-order valence-electron chi connectivity index (χ1n) is 6.20. The maximum Gasteiger partial charge on any atom is 0.0701 e. The maximum atomic E-state index is 8.99. The summed E-state index contributed by atoms with van der Waals surface area (Å²) in [6, 6.07) is 4.19. The van der Waals surface area contributed by atoms with Gasteiger partial charge in [0.2, 0.25) is 0 Å². The Morgan fingerprint density at radius 2 is 2.16 bits per heavy atom. The van der Waals surface area contributed by atoms with Crippen molar-refractivity contribution in [3.63, 3.8) is 0 Å². The molecule has 4 nitrogen and oxygen atoms in total. The Kier molecular flexibility index (Phi) is 5.15. The minimum absolute atomic E-state index is 0.123. The fraction of sp³-hybridized carbons (Fsp3) is 0.462. The molecule has 2 heterocycles. The van der Waals surface area contributed by atoms with Crippen molar-refractivity contribution in [3.8, 4) is 0 Å². The highest BCUT2D eigenvalue weighted by Crippen LogP contribution is 2.22. The minimum atomic E-state index is 0.123. The summed E-state index contributed by atoms with van der Waals surface area (Å²) in [6.07, 6.45) is 0. The predicted molar refractivity (Wildman–Crippen MR) is 81.3 cm³/mol. The SMILES string of the molecule is Cc1nn(CCO)c(C)c1CNCc1ccc(Br)s1. The van der Waals surface area contributed by atoms with Gasteiger partial charge >= 0.3 is 0 Å². The number of aliphatic hydroxyl groups is 1. The van der Waals surface area contributed by atoms with Crippen molar-refractivity contribution >= 4 is 27.3 Å². The summed E-state index contributed by atoms with van der Waals surface area (Å²) in [5.74, 6) is 0. The Balaban J connectivity index is 1.95. The van der Waals surface area contributed by atoms with Crippen LogP contribution in [0.2, 0.25) is 0 Å². The van der Waals surface area contributed by atoms with Gasteiger partial charge in [-0.25, -0.2) is 0 Å². The molecule has 2 aromatic heterocycles. The zero-order chi connectivity index (χ0) is 13.8. The molecular formula is C13H18BrN3OS. The van der Waals surface area contributed by atoms with Gasteiger partial charge in [0, 0.05) is 29.2 Å². The first-order chi connectivity index (χ1) is 9.11. The van der Waals surface area contributed by atoms with E-state index in [9.17, 15) is 0 Å². The van der Waals surface area contributed by atoms with E-state index in [4.69, 9.17) is 5.11 Å². The molecule has 19 heavy (non-hydrogen) atoms. The third-order valence-electron chi connectivity index (χ3n) is 3.07. The van der Waals surface area contributed by atoms with Crippen LogP contribution in [0, 0.1) is 13.8 Å². The van der Waals surface area contributed by atoms with Gasteiger partial charge in [0.05, 0.1) is 22.6 Å². The second-order valence-corrected chi connectivity index (χ2v) is 6.95. The van der Waals surface area contributed by atoms with Crippen LogP contribution >= 0.6 is 27.3 Å². The van der Waals surface area contributed by atoms with Crippen molar-refractivity contribution < 1.29 is 5.11 Å². The highest BCUT2D eigenvalue weighted by Gasteiger charge is 2.10. The number of nitrogens with one attached hydrogen (secondary N) is 1. The van der Waals surface area contributed by atoms with Crippen LogP contribution in [0.1, 0.15) is 21.8 Å². The van der Waals surface area contributed by atoms with Crippen LogP contribution in [0.5, 0.6) is 0 Å². The van der Waals surface area contributed by atoms with E-state index in [-0.39, 0.29) is 6.61 Å². The van der Waals surface area contributed by atoms with Crippen LogP contribution in [-0.4, -0.2) is 21.5 Å². The average molecular weight is 344 g/mol. The highest BCUT2D eigenvalue weighted by molar-refractivity contribution is 9.11. The van der Waals surface area contributed by atoms with E-state index in [0.717, 1.165) is 28.3 Å². The molecule has 104 valence electrons. The topological polar surface area (TPSA) is 50.1 Å². The van der Waals surface area contributed by atoms with Crippen molar-refractivity contribution in [3.05, 3.63) is 37.7 Å². The van der Waals surface area contributed by atoms with Crippen LogP contribution in [0.3, 0.4) is 0 Å². The molecule has 0 radical (unpaired) electrons. The van der Waals surface area contributed by atoms with Crippen LogP contribution in [-0.2, 0) is 19.6 Å². The van der Waals surface area contributed by atoms with Gasteiger partial charge in [-0.15, -0.1) is 11.3 Å². The number of aliphatic hydroxyl groups excluding tert-OH is 1. The molecule has 0 aliphatic rings. The molecule has 0 aliphatic heterocycles. The van der Waals surface area contributed by atoms with E-state index in [1.54, 1.807) is 11.3 Å². The Morgan fingerprint density at radius 3 is 2.79 bits per heavy atom. The second kappa shape index (κ2) is 6.65. The lowest BCUT2D eigenvalue weighted by atomic mass is 10.2. The summed E-state index contributed by atoms with van der Waals surface area (Å²) in [5, 5.41) is 16.9. The Morgan fingerprint density at radius 1 is 1.37 bits per heavy atom. The number of nitrogens with zero attached hydrogens (tertiary/aromatic N) is 2. The van der Waals surface area contributed by atoms with Gasteiger partial charge in [0.25, 0.3) is 0 Å². The number of aromatic nitrogens is 2. The second-order valence-electron chi connectivity index (χ2n) is 4.41. The van der Waals surface area contributed by atoms with Gasteiger partial charge in [-0.3, -0.25) is 4.68 Å². The number of rotatable bonds is 6. The molecular weight excluding hydrogens is 326 g/mol. The largest absolute Gasteiger partial charge is 0.394 e. The Labute approximate surface area is 125 Å². The van der Waals surface area contributed by atoms with E-state index in [0.29, 0.717) is 6.54 Å². The third kappa shape index (κ3) is 3.66. The molecule has 0 aromatic carbocycles. The smallest absolute Gasteiger partial charge is 0.0701 e. The first kappa shape index (κ1) is 14.7. The van der Waals surface area contributed by atoms with Crippen molar-refractivity contribution in [1.82, 2.24) is 15.1 Å². The number of halogens is 1. The molecule has 0 unspecified atom stereocenters. The fourth-order valence-electron chi connectivity index (χ4n) is 2.06. The van der Waals surface area contributed by atoms with E-state index in [1.807, 2.05) is 11.6 Å². The summed E-state index contributed by atoms with van der Waals surface area (Å²) in [4.78, 5) is 1.31. The molecule has 0 aliphatic carbocycles. The van der Waals surface area contributed by atoms with Crippen molar-refractivity contribution in [2.24, 2.45) is 0 Å². The number of hydrogen-bond donors (Lipinski definition) is 2. The number of hydrogen-bond acceptors (Lipinski definition) is 4. The van der Waals surface area contributed by atoms with Crippen molar-refractivity contribution in [2.75, 3.05) is 6.61 Å². The quantitative estimate of drug-likeness (QED) is 0.847. The lowest BCUT2D eigenvalue weighted by molar-refractivity contribution is 0.267. The predicted octanol–water partition coefficient (Wildman–Crippen LogP) is 2.61. The van der Waals surface area contributed by atoms with Crippen molar-refractivity contribution in [2.45, 2.75) is 33.5 Å². The lowest BCUT2D eigenvalue weighted by Gasteiger charge is -2.05. The number of aryl methyl sites for hydroxylation is 1. The fourth-order valence-corrected chi connectivity index (χ4v) is 3.51. The standard InChI is InChI=1S/C13H18BrN3OS/c1-9-12(10(2)17(16-9)5-6-18)8-15-7-11-3-4-13(14)19-11/h3-4,15,18H,5-8H2,1-2H3. The summed E-state index contributed by atoms with van der Waals surface area (Å²) >= 11 is 5.21. The normalized spacial score (nSPS) is 11.2. The van der Waals surface area contributed by atoms with Gasteiger partial charge in [-0.1, -0.05) is 0 Å². The van der Waals surface area contributed by atoms with Gasteiger partial charge in [-0.05, 0) is 41.9 Å². The monoisotopic (exact) mass is 343 g/mol. The lowest BCUT2D eigenvalue weighted by Crippen LogP contribution is -2.13. The summed E-state index contributed by atoms with van der Waals surface area (Å²) < 4.78 is 3.03. The maximum absolute atomic E-state index is 8.99. The molecule has 6 heteroatoms. The molecule has 0 saturated heterocycles. The van der Waals surface area contributed by atoms with Crippen molar-refractivity contribution in [1.29, 1.82) is 0 Å². The van der Waals surface area contributed by atoms with Crippen LogP contribution < -0.4 is 5.32 Å². The summed E-state index contributed by atoms with van der Waals surface area (Å²) in [7, 11) is 0. The van der Waals surface area contributed by atoms with Gasteiger partial charge in [-0.2, -0.15) is 5.10 Å². The van der Waals surface area contributed by atoms with Gasteiger partial charge < -0.3 is 10.4 Å². The molecule has 0 bridgehead atoms. The molecule has 2 aromatic rings. The Hall–Kier alpha value is -0.690. The zero-order valence-electron chi connectivity index (χ0n) is 11.1. The third-order valence-corrected chi connectivity index (χ3v) is 4.70. The molecule has 0 saturated carbocycles. The molecule has 2 N–H and O–H groups in total. The average Bonchev–Trinajstić information content (AvgIpc) is 2.89. The molecule has 0 amide bonds. The zero-order valence-corrected chi connectivity index (χ0v) is 13.5. The molecule has 0 spiro atoms. The molecule has 0 fully saturated rings. The first-order valence-corrected chi connectivity index (χ1v) is 7.81. The van der Waals surface area contributed by atoms with E-state index < -0.39 is 0 Å². The van der Waals surface area contributed by atoms with Crippen LogP contribution in [0.15, 0.2) is 15.9 Å². The van der Waals surface area contributed by atoms with E-state index >= 15 is 0 Å². The van der Waals surface area contributed by atoms with Gasteiger partial charge in [0.1, 0.15) is 0 Å².